The van der Waals surface area contributed by atoms with Gasteiger partial charge in [-0.2, -0.15) is 0 Å². The van der Waals surface area contributed by atoms with Crippen molar-refractivity contribution in [3.8, 4) is 0 Å². The van der Waals surface area contributed by atoms with Gasteiger partial charge in [0.1, 0.15) is 0 Å². The summed E-state index contributed by atoms with van der Waals surface area (Å²) < 4.78 is 6.77. The second-order valence-electron chi connectivity index (χ2n) is 8.82. The van der Waals surface area contributed by atoms with Crippen molar-refractivity contribution in [2.75, 3.05) is 0 Å². The predicted octanol–water partition coefficient (Wildman–Crippen LogP) is 7.18. The Labute approximate surface area is 151 Å². The molecule has 0 radical (unpaired) electrons. The summed E-state index contributed by atoms with van der Waals surface area (Å²) in [6, 6.07) is 0. The van der Waals surface area contributed by atoms with Crippen LogP contribution in [0, 0.1) is 23.7 Å². The van der Waals surface area contributed by atoms with Crippen LogP contribution in [-0.4, -0.2) is 11.7 Å². The summed E-state index contributed by atoms with van der Waals surface area (Å²) in [5.74, 6) is 2.57. The molecule has 1 saturated heterocycles. The average molecular weight is 335 g/mol. The highest BCUT2D eigenvalue weighted by atomic mass is 16.5. The molecule has 0 N–H and O–H groups in total. The van der Waals surface area contributed by atoms with E-state index in [0.717, 1.165) is 19.3 Å². The SMILES string of the molecule is CC/C=C(C)/C(C)=C/CCC1OC(C)(C(C)C)C(C(C)C)CC1C. The Hall–Kier alpha value is -0.560. The first-order chi connectivity index (χ1) is 11.1. The van der Waals surface area contributed by atoms with Gasteiger partial charge < -0.3 is 4.74 Å². The summed E-state index contributed by atoms with van der Waals surface area (Å²) in [5, 5.41) is 0. The fourth-order valence-electron chi connectivity index (χ4n) is 4.25. The van der Waals surface area contributed by atoms with Gasteiger partial charge in [0, 0.05) is 0 Å². The summed E-state index contributed by atoms with van der Waals surface area (Å²) in [6.45, 7) is 20.8. The lowest BCUT2D eigenvalue weighted by Crippen LogP contribution is -2.53. The number of allylic oxidation sites excluding steroid dienone is 4. The number of rotatable bonds is 7. The minimum Gasteiger partial charge on any atom is -0.371 e. The Bertz CT molecular complexity index is 443. The summed E-state index contributed by atoms with van der Waals surface area (Å²) in [6.07, 6.45) is 9.79. The lowest BCUT2D eigenvalue weighted by molar-refractivity contribution is -0.205. The summed E-state index contributed by atoms with van der Waals surface area (Å²) in [5.41, 5.74) is 2.86. The second-order valence-corrected chi connectivity index (χ2v) is 8.82. The van der Waals surface area contributed by atoms with Crippen LogP contribution in [0.1, 0.15) is 88.0 Å². The Kier molecular flexibility index (Phi) is 8.26. The van der Waals surface area contributed by atoms with Gasteiger partial charge in [0.25, 0.3) is 0 Å². The molecule has 0 aromatic heterocycles. The van der Waals surface area contributed by atoms with Gasteiger partial charge in [0.15, 0.2) is 0 Å². The topological polar surface area (TPSA) is 9.23 Å². The molecule has 140 valence electrons. The van der Waals surface area contributed by atoms with Crippen molar-refractivity contribution in [2.24, 2.45) is 23.7 Å². The molecule has 1 fully saturated rings. The van der Waals surface area contributed by atoms with Crippen LogP contribution >= 0.6 is 0 Å². The van der Waals surface area contributed by atoms with E-state index < -0.39 is 0 Å². The lowest BCUT2D eigenvalue weighted by atomic mass is 9.67. The first-order valence-corrected chi connectivity index (χ1v) is 10.1. The Morgan fingerprint density at radius 3 is 2.21 bits per heavy atom. The average Bonchev–Trinajstić information content (AvgIpc) is 2.49. The van der Waals surface area contributed by atoms with Crippen molar-refractivity contribution in [2.45, 2.75) is 99.7 Å². The van der Waals surface area contributed by atoms with Crippen LogP contribution in [0.5, 0.6) is 0 Å². The van der Waals surface area contributed by atoms with E-state index in [1.165, 1.54) is 17.6 Å². The molecule has 0 aromatic rings. The van der Waals surface area contributed by atoms with Crippen LogP contribution in [-0.2, 0) is 4.74 Å². The van der Waals surface area contributed by atoms with Gasteiger partial charge in [-0.15, -0.1) is 0 Å². The molecule has 0 spiro atoms. The molecule has 1 rings (SSSR count). The van der Waals surface area contributed by atoms with Crippen LogP contribution in [0.4, 0.5) is 0 Å². The van der Waals surface area contributed by atoms with Crippen LogP contribution in [0.2, 0.25) is 0 Å². The number of hydrogen-bond donors (Lipinski definition) is 0. The molecule has 1 heterocycles. The molecule has 4 atom stereocenters. The van der Waals surface area contributed by atoms with E-state index in [1.807, 2.05) is 0 Å². The lowest BCUT2D eigenvalue weighted by Gasteiger charge is -2.52. The van der Waals surface area contributed by atoms with Crippen molar-refractivity contribution in [3.05, 3.63) is 23.3 Å². The van der Waals surface area contributed by atoms with Crippen LogP contribution in [0.15, 0.2) is 23.3 Å². The van der Waals surface area contributed by atoms with Gasteiger partial charge in [-0.1, -0.05) is 64.8 Å². The standard InChI is InChI=1S/C23H42O/c1-10-12-18(6)19(7)13-11-14-22-20(8)15-21(16(2)3)23(9,24-22)17(4)5/h12-13,16-17,20-22H,10-11,14-15H2,1-9H3/b18-12+,19-13+. The van der Waals surface area contributed by atoms with E-state index in [1.54, 1.807) is 0 Å². The van der Waals surface area contributed by atoms with Crippen molar-refractivity contribution >= 4 is 0 Å². The molecular weight excluding hydrogens is 292 g/mol. The molecule has 4 unspecified atom stereocenters. The third kappa shape index (κ3) is 5.22. The molecule has 1 nitrogen and oxygen atoms in total. The Morgan fingerprint density at radius 2 is 1.71 bits per heavy atom. The zero-order valence-electron chi connectivity index (χ0n) is 17.8. The van der Waals surface area contributed by atoms with Crippen LogP contribution in [0.3, 0.4) is 0 Å². The van der Waals surface area contributed by atoms with Crippen molar-refractivity contribution < 1.29 is 4.74 Å². The van der Waals surface area contributed by atoms with Crippen molar-refractivity contribution in [3.63, 3.8) is 0 Å². The van der Waals surface area contributed by atoms with E-state index in [2.05, 4.69) is 74.5 Å². The molecule has 0 amide bonds. The highest BCUT2D eigenvalue weighted by Crippen LogP contribution is 2.46. The molecule has 1 aliphatic heterocycles. The van der Waals surface area contributed by atoms with E-state index in [9.17, 15) is 0 Å². The normalized spacial score (nSPS) is 32.7. The van der Waals surface area contributed by atoms with Crippen LogP contribution in [0.25, 0.3) is 0 Å². The van der Waals surface area contributed by atoms with Gasteiger partial charge in [-0.05, 0) is 70.1 Å². The summed E-state index contributed by atoms with van der Waals surface area (Å²) in [4.78, 5) is 0. The van der Waals surface area contributed by atoms with Gasteiger partial charge in [0.05, 0.1) is 11.7 Å². The largest absolute Gasteiger partial charge is 0.371 e. The quantitative estimate of drug-likeness (QED) is 0.448. The fraction of sp³-hybridized carbons (Fsp3) is 0.826. The van der Waals surface area contributed by atoms with E-state index in [4.69, 9.17) is 4.74 Å². The van der Waals surface area contributed by atoms with Gasteiger partial charge >= 0.3 is 0 Å². The Morgan fingerprint density at radius 1 is 1.12 bits per heavy atom. The Balaban J connectivity index is 2.76. The summed E-state index contributed by atoms with van der Waals surface area (Å²) >= 11 is 0. The molecule has 0 aliphatic carbocycles. The highest BCUT2D eigenvalue weighted by molar-refractivity contribution is 5.26. The number of hydrogen-bond acceptors (Lipinski definition) is 1. The van der Waals surface area contributed by atoms with E-state index >= 15 is 0 Å². The fourth-order valence-corrected chi connectivity index (χ4v) is 4.25. The molecule has 0 saturated carbocycles. The summed E-state index contributed by atoms with van der Waals surface area (Å²) in [7, 11) is 0. The first-order valence-electron chi connectivity index (χ1n) is 10.1. The van der Waals surface area contributed by atoms with E-state index in [-0.39, 0.29) is 5.60 Å². The molecule has 0 aromatic carbocycles. The third-order valence-electron chi connectivity index (χ3n) is 6.39. The van der Waals surface area contributed by atoms with E-state index in [0.29, 0.717) is 29.8 Å². The van der Waals surface area contributed by atoms with Crippen molar-refractivity contribution in [1.82, 2.24) is 0 Å². The van der Waals surface area contributed by atoms with Crippen LogP contribution < -0.4 is 0 Å². The van der Waals surface area contributed by atoms with Gasteiger partial charge in [0.2, 0.25) is 0 Å². The number of ether oxygens (including phenoxy) is 1. The molecule has 1 aliphatic rings. The minimum atomic E-state index is 0.0160. The maximum atomic E-state index is 6.77. The zero-order chi connectivity index (χ0) is 18.5. The monoisotopic (exact) mass is 334 g/mol. The van der Waals surface area contributed by atoms with Gasteiger partial charge in [-0.25, -0.2) is 0 Å². The van der Waals surface area contributed by atoms with Crippen molar-refractivity contribution in [1.29, 1.82) is 0 Å². The highest BCUT2D eigenvalue weighted by Gasteiger charge is 2.46. The molecular formula is C23H42O. The maximum Gasteiger partial charge on any atom is 0.0711 e. The molecule has 0 bridgehead atoms. The third-order valence-corrected chi connectivity index (χ3v) is 6.39. The zero-order valence-corrected chi connectivity index (χ0v) is 17.8. The smallest absolute Gasteiger partial charge is 0.0711 e. The maximum absolute atomic E-state index is 6.77. The molecule has 1 heteroatoms. The predicted molar refractivity (Wildman–Crippen MR) is 107 cm³/mol. The molecule has 24 heavy (non-hydrogen) atoms. The van der Waals surface area contributed by atoms with Gasteiger partial charge in [-0.3, -0.25) is 0 Å². The minimum absolute atomic E-state index is 0.0160. The first kappa shape index (κ1) is 21.5. The second kappa shape index (κ2) is 9.22.